The highest BCUT2D eigenvalue weighted by Crippen LogP contribution is 2.34. The number of dihydropyridines is 1. The minimum Gasteiger partial charge on any atom is -0.489 e. The number of carbonyl (C=O) groups is 2. The Kier molecular flexibility index (Phi) is 7.10. The lowest BCUT2D eigenvalue weighted by molar-refractivity contribution is -0.158. The topological polar surface area (TPSA) is 117 Å². The molecule has 39 heavy (non-hydrogen) atoms. The number of urea groups is 1. The van der Waals surface area contributed by atoms with Crippen molar-refractivity contribution >= 4 is 17.8 Å². The van der Waals surface area contributed by atoms with Gasteiger partial charge >= 0.3 is 12.2 Å². The fraction of sp³-hybridized carbons (Fsp3) is 0.560. The molecule has 0 saturated carbocycles. The Morgan fingerprint density at radius 3 is 2.79 bits per heavy atom. The number of hydrogen-bond acceptors (Lipinski definition) is 8. The van der Waals surface area contributed by atoms with Gasteiger partial charge in [-0.2, -0.15) is 13.2 Å². The summed E-state index contributed by atoms with van der Waals surface area (Å²) in [6.45, 7) is 6.56. The highest BCUT2D eigenvalue weighted by Gasteiger charge is 2.44. The Morgan fingerprint density at radius 1 is 1.33 bits per heavy atom. The molecular weight excluding hydrogens is 521 g/mol. The van der Waals surface area contributed by atoms with Crippen molar-refractivity contribution in [3.8, 4) is 5.75 Å². The van der Waals surface area contributed by atoms with Crippen molar-refractivity contribution in [1.29, 1.82) is 0 Å². The second-order valence-corrected chi connectivity index (χ2v) is 10.3. The summed E-state index contributed by atoms with van der Waals surface area (Å²) in [4.78, 5) is 33.8. The first-order valence-corrected chi connectivity index (χ1v) is 12.7. The number of amides is 3. The summed E-state index contributed by atoms with van der Waals surface area (Å²) >= 11 is 0. The van der Waals surface area contributed by atoms with Gasteiger partial charge in [-0.05, 0) is 45.4 Å². The van der Waals surface area contributed by atoms with Gasteiger partial charge in [-0.25, -0.2) is 9.78 Å². The Labute approximate surface area is 223 Å². The zero-order valence-electron chi connectivity index (χ0n) is 21.7. The van der Waals surface area contributed by atoms with E-state index in [4.69, 9.17) is 14.2 Å². The van der Waals surface area contributed by atoms with E-state index in [9.17, 15) is 22.8 Å². The van der Waals surface area contributed by atoms with Crippen LogP contribution in [0.25, 0.3) is 0 Å². The number of alkyl halides is 3. The Balaban J connectivity index is 1.23. The fourth-order valence-electron chi connectivity index (χ4n) is 4.89. The van der Waals surface area contributed by atoms with E-state index >= 15 is 0 Å². The van der Waals surface area contributed by atoms with E-state index in [0.29, 0.717) is 43.4 Å². The van der Waals surface area contributed by atoms with E-state index in [0.717, 1.165) is 6.92 Å². The number of allylic oxidation sites excluding steroid dienone is 1. The van der Waals surface area contributed by atoms with Gasteiger partial charge in [-0.1, -0.05) is 6.08 Å². The summed E-state index contributed by atoms with van der Waals surface area (Å²) in [6, 6.07) is -0.458. The molecule has 1 unspecified atom stereocenters. The van der Waals surface area contributed by atoms with Gasteiger partial charge in [0.2, 0.25) is 5.91 Å². The molecule has 4 aliphatic rings. The maximum absolute atomic E-state index is 13.4. The van der Waals surface area contributed by atoms with E-state index in [1.165, 1.54) is 17.2 Å². The normalized spacial score (nSPS) is 26.2. The predicted octanol–water partition coefficient (Wildman–Crippen LogP) is 2.30. The number of nitrogens with zero attached hydrogens (tertiary/aromatic N) is 3. The van der Waals surface area contributed by atoms with Gasteiger partial charge < -0.3 is 29.7 Å². The smallest absolute Gasteiger partial charge is 0.408 e. The number of carbonyl (C=O) groups excluding carboxylic acids is 2. The van der Waals surface area contributed by atoms with Crippen LogP contribution in [0.2, 0.25) is 0 Å². The molecule has 212 valence electrons. The lowest BCUT2D eigenvalue weighted by atomic mass is 10.1. The van der Waals surface area contributed by atoms with E-state index in [1.807, 2.05) is 19.2 Å². The summed E-state index contributed by atoms with van der Waals surface area (Å²) in [5.74, 6) is -0.334. The van der Waals surface area contributed by atoms with Gasteiger partial charge in [0, 0.05) is 13.1 Å². The number of rotatable bonds is 6. The van der Waals surface area contributed by atoms with E-state index in [1.54, 1.807) is 18.2 Å². The maximum atomic E-state index is 13.4. The third kappa shape index (κ3) is 5.91. The SMILES string of the molecule is C[C@@H](NC(=O)C1C=CC2=C(N1)N(C(=O)Nc1ccc(OC[C@@H]3COC(C)(C)O3)cn1)[C@H]1CCN2C1)C(F)(F)F. The molecule has 0 radical (unpaired) electrons. The Morgan fingerprint density at radius 2 is 2.13 bits per heavy atom. The molecule has 5 rings (SSSR count). The number of aromatic nitrogens is 1. The zero-order valence-corrected chi connectivity index (χ0v) is 21.7. The number of pyridine rings is 1. The van der Waals surface area contributed by atoms with Crippen molar-refractivity contribution in [1.82, 2.24) is 25.4 Å². The molecule has 0 aromatic carbocycles. The third-order valence-corrected chi connectivity index (χ3v) is 6.92. The van der Waals surface area contributed by atoms with Crippen LogP contribution < -0.4 is 20.7 Å². The molecule has 4 aliphatic heterocycles. The first-order valence-electron chi connectivity index (χ1n) is 12.7. The molecule has 2 bridgehead atoms. The molecule has 4 atom stereocenters. The Hall–Kier alpha value is -3.52. The molecule has 3 N–H and O–H groups in total. The average molecular weight is 553 g/mol. The van der Waals surface area contributed by atoms with Crippen LogP contribution >= 0.6 is 0 Å². The summed E-state index contributed by atoms with van der Waals surface area (Å²) < 4.78 is 55.8. The van der Waals surface area contributed by atoms with Crippen molar-refractivity contribution in [2.75, 3.05) is 31.6 Å². The van der Waals surface area contributed by atoms with Crippen LogP contribution in [0, 0.1) is 0 Å². The number of halogens is 3. The van der Waals surface area contributed by atoms with E-state index < -0.39 is 36.0 Å². The van der Waals surface area contributed by atoms with E-state index in [-0.39, 0.29) is 24.6 Å². The van der Waals surface area contributed by atoms with E-state index in [2.05, 4.69) is 20.5 Å². The summed E-state index contributed by atoms with van der Waals surface area (Å²) in [5.41, 5.74) is 0.699. The van der Waals surface area contributed by atoms with Gasteiger partial charge in [0.25, 0.3) is 0 Å². The summed E-state index contributed by atoms with van der Waals surface area (Å²) in [7, 11) is 0. The molecule has 14 heteroatoms. The number of hydrogen-bond donors (Lipinski definition) is 3. The van der Waals surface area contributed by atoms with Crippen molar-refractivity contribution < 1.29 is 37.0 Å². The van der Waals surface area contributed by atoms with Crippen LogP contribution in [-0.2, 0) is 14.3 Å². The third-order valence-electron chi connectivity index (χ3n) is 6.92. The van der Waals surface area contributed by atoms with Crippen LogP contribution in [0.4, 0.5) is 23.8 Å². The summed E-state index contributed by atoms with van der Waals surface area (Å²) in [6.07, 6.45) is 0.576. The molecule has 3 amide bonds. The van der Waals surface area contributed by atoms with Crippen molar-refractivity contribution in [3.05, 3.63) is 42.0 Å². The molecule has 1 aromatic rings. The number of ether oxygens (including phenoxy) is 3. The first kappa shape index (κ1) is 27.1. The monoisotopic (exact) mass is 552 g/mol. The predicted molar refractivity (Wildman–Crippen MR) is 132 cm³/mol. The Bertz CT molecular complexity index is 1170. The molecule has 1 aromatic heterocycles. The van der Waals surface area contributed by atoms with Crippen LogP contribution in [0.1, 0.15) is 27.2 Å². The molecular formula is C25H31F3N6O5. The van der Waals surface area contributed by atoms with Gasteiger partial charge in [-0.3, -0.25) is 15.0 Å². The standard InChI is InChI=1S/C25H31F3N6O5/c1-14(25(26,27)28)30-22(35)18-5-6-19-21(31-18)34(15-8-9-33(19)11-15)23(36)32-20-7-4-16(10-29-20)37-12-17-13-38-24(2,3)39-17/h4-7,10,14-15,17-18,31H,8-9,11-13H2,1-3H3,(H,30,35)(H,29,32,36)/t14-,15+,17-,18?/m1/s1. The van der Waals surface area contributed by atoms with Gasteiger partial charge in [0.1, 0.15) is 42.2 Å². The van der Waals surface area contributed by atoms with Crippen LogP contribution in [0.15, 0.2) is 42.0 Å². The van der Waals surface area contributed by atoms with Gasteiger partial charge in [0.05, 0.1) is 24.5 Å². The lowest BCUT2D eigenvalue weighted by Crippen LogP contribution is -2.57. The van der Waals surface area contributed by atoms with Crippen molar-refractivity contribution in [2.45, 2.75) is 63.4 Å². The molecule has 0 spiro atoms. The highest BCUT2D eigenvalue weighted by molar-refractivity contribution is 5.91. The van der Waals surface area contributed by atoms with Gasteiger partial charge in [0.15, 0.2) is 5.79 Å². The largest absolute Gasteiger partial charge is 0.489 e. The number of anilines is 1. The number of fused-ring (bicyclic) bond motifs is 3. The van der Waals surface area contributed by atoms with Crippen LogP contribution in [0.5, 0.6) is 5.75 Å². The molecule has 5 heterocycles. The number of nitrogens with one attached hydrogen (secondary N) is 3. The zero-order chi connectivity index (χ0) is 27.9. The average Bonchev–Trinajstić information content (AvgIpc) is 3.45. The van der Waals surface area contributed by atoms with Gasteiger partial charge in [-0.15, -0.1) is 0 Å². The second kappa shape index (κ2) is 10.2. The van der Waals surface area contributed by atoms with Crippen LogP contribution in [-0.4, -0.2) is 89.2 Å². The van der Waals surface area contributed by atoms with Crippen molar-refractivity contribution in [3.63, 3.8) is 0 Å². The fourth-order valence-corrected chi connectivity index (χ4v) is 4.89. The molecule has 2 saturated heterocycles. The molecule has 2 fully saturated rings. The highest BCUT2D eigenvalue weighted by atomic mass is 19.4. The van der Waals surface area contributed by atoms with Crippen LogP contribution in [0.3, 0.4) is 0 Å². The lowest BCUT2D eigenvalue weighted by Gasteiger charge is -2.41. The minimum absolute atomic E-state index is 0.180. The minimum atomic E-state index is -4.57. The maximum Gasteiger partial charge on any atom is 0.408 e. The molecule has 0 aliphatic carbocycles. The molecule has 11 nitrogen and oxygen atoms in total. The quantitative estimate of drug-likeness (QED) is 0.493. The van der Waals surface area contributed by atoms with Crippen molar-refractivity contribution in [2.24, 2.45) is 0 Å². The second-order valence-electron chi connectivity index (χ2n) is 10.3. The first-order chi connectivity index (χ1) is 18.4. The summed E-state index contributed by atoms with van der Waals surface area (Å²) in [5, 5.41) is 7.71.